The maximum Gasteiger partial charge on any atom is 0.239 e. The molecule has 0 aliphatic rings. The van der Waals surface area contributed by atoms with Crippen LogP contribution >= 0.6 is 0 Å². The van der Waals surface area contributed by atoms with Gasteiger partial charge in [-0.15, -0.1) is 10.2 Å². The van der Waals surface area contributed by atoms with Crippen molar-refractivity contribution in [3.05, 3.63) is 34.5 Å². The summed E-state index contributed by atoms with van der Waals surface area (Å²) in [6.07, 6.45) is 0. The summed E-state index contributed by atoms with van der Waals surface area (Å²) in [7, 11) is 0. The van der Waals surface area contributed by atoms with Crippen LogP contribution in [-0.4, -0.2) is 25.7 Å². The predicted octanol–water partition coefficient (Wildman–Crippen LogP) is 0.679. The van der Waals surface area contributed by atoms with Crippen molar-refractivity contribution < 1.29 is 9.52 Å². The Morgan fingerprint density at radius 2 is 2.24 bits per heavy atom. The minimum atomic E-state index is -0.357. The highest BCUT2D eigenvalue weighted by Crippen LogP contribution is 2.24. The Labute approximate surface area is 93.7 Å². The lowest BCUT2D eigenvalue weighted by molar-refractivity contribution is 0.479. The molecule has 7 heteroatoms. The number of aromatic hydroxyl groups is 1. The van der Waals surface area contributed by atoms with Crippen LogP contribution < -0.4 is 5.43 Å². The zero-order valence-corrected chi connectivity index (χ0v) is 8.41. The molecule has 0 bridgehead atoms. The molecule has 0 radical (unpaired) electrons. The molecular formula is C10H6N4O3. The van der Waals surface area contributed by atoms with E-state index in [1.54, 1.807) is 12.1 Å². The first-order valence-electron chi connectivity index (χ1n) is 4.75. The Kier molecular flexibility index (Phi) is 1.91. The van der Waals surface area contributed by atoms with Crippen LogP contribution in [0.25, 0.3) is 22.6 Å². The van der Waals surface area contributed by atoms with Crippen LogP contribution in [0.3, 0.4) is 0 Å². The standard InChI is InChI=1S/C10H6N4O3/c15-5-2-1-3-7-9(5)6(16)4-8(17-7)10-11-13-14-12-10/h1-4,15H,(H,11,12,13,14). The summed E-state index contributed by atoms with van der Waals surface area (Å²) in [4.78, 5) is 11.8. The molecule has 0 saturated carbocycles. The number of H-pyrrole nitrogens is 1. The molecule has 84 valence electrons. The second kappa shape index (κ2) is 3.41. The van der Waals surface area contributed by atoms with E-state index < -0.39 is 0 Å². The molecule has 0 saturated heterocycles. The van der Waals surface area contributed by atoms with Crippen molar-refractivity contribution in [1.82, 2.24) is 20.6 Å². The van der Waals surface area contributed by atoms with Crippen LogP contribution in [0, 0.1) is 0 Å². The highest BCUT2D eigenvalue weighted by Gasteiger charge is 2.12. The fourth-order valence-corrected chi connectivity index (χ4v) is 1.57. The van der Waals surface area contributed by atoms with Gasteiger partial charge in [-0.25, -0.2) is 0 Å². The van der Waals surface area contributed by atoms with Gasteiger partial charge in [-0.1, -0.05) is 6.07 Å². The maximum atomic E-state index is 11.8. The van der Waals surface area contributed by atoms with Gasteiger partial charge in [0.05, 0.1) is 0 Å². The minimum absolute atomic E-state index is 0.115. The first-order valence-corrected chi connectivity index (χ1v) is 4.75. The van der Waals surface area contributed by atoms with Gasteiger partial charge in [-0.3, -0.25) is 4.79 Å². The third kappa shape index (κ3) is 1.44. The van der Waals surface area contributed by atoms with Crippen molar-refractivity contribution in [2.24, 2.45) is 0 Å². The lowest BCUT2D eigenvalue weighted by atomic mass is 10.2. The number of aromatic nitrogens is 4. The predicted molar refractivity (Wildman–Crippen MR) is 57.3 cm³/mol. The molecule has 1 aromatic carbocycles. The van der Waals surface area contributed by atoms with Crippen LogP contribution in [0.5, 0.6) is 5.75 Å². The molecule has 7 nitrogen and oxygen atoms in total. The number of aromatic amines is 1. The van der Waals surface area contributed by atoms with Gasteiger partial charge < -0.3 is 9.52 Å². The average molecular weight is 230 g/mol. The number of rotatable bonds is 1. The van der Waals surface area contributed by atoms with Crippen molar-refractivity contribution in [3.8, 4) is 17.3 Å². The number of hydrogen-bond donors (Lipinski definition) is 2. The molecule has 3 aromatic rings. The smallest absolute Gasteiger partial charge is 0.239 e. The van der Waals surface area contributed by atoms with Gasteiger partial charge in [-0.2, -0.15) is 5.21 Å². The summed E-state index contributed by atoms with van der Waals surface area (Å²) >= 11 is 0. The summed E-state index contributed by atoms with van der Waals surface area (Å²) in [5, 5.41) is 22.8. The number of phenols is 1. The molecule has 3 rings (SSSR count). The molecular weight excluding hydrogens is 224 g/mol. The number of nitrogens with zero attached hydrogens (tertiary/aromatic N) is 3. The van der Waals surface area contributed by atoms with Gasteiger partial charge in [0.2, 0.25) is 5.82 Å². The van der Waals surface area contributed by atoms with Crippen molar-refractivity contribution >= 4 is 11.0 Å². The van der Waals surface area contributed by atoms with E-state index in [0.717, 1.165) is 0 Å². The summed E-state index contributed by atoms with van der Waals surface area (Å²) in [6, 6.07) is 5.81. The number of phenolic OH excluding ortho intramolecular Hbond substituents is 1. The lowest BCUT2D eigenvalue weighted by Gasteiger charge is -2.00. The van der Waals surface area contributed by atoms with Crippen LogP contribution in [0.4, 0.5) is 0 Å². The molecule has 0 aliphatic carbocycles. The fraction of sp³-hybridized carbons (Fsp3) is 0. The van der Waals surface area contributed by atoms with Crippen molar-refractivity contribution in [3.63, 3.8) is 0 Å². The first kappa shape index (κ1) is 9.52. The van der Waals surface area contributed by atoms with Gasteiger partial charge >= 0.3 is 0 Å². The van der Waals surface area contributed by atoms with Gasteiger partial charge in [0.15, 0.2) is 11.2 Å². The monoisotopic (exact) mass is 230 g/mol. The summed E-state index contributed by atoms with van der Waals surface area (Å²) in [6.45, 7) is 0. The van der Waals surface area contributed by atoms with E-state index >= 15 is 0 Å². The SMILES string of the molecule is O=c1cc(-c2nn[nH]n2)oc2cccc(O)c12. The summed E-state index contributed by atoms with van der Waals surface area (Å²) in [5.41, 5.74) is -0.0820. The second-order valence-electron chi connectivity index (χ2n) is 3.36. The minimum Gasteiger partial charge on any atom is -0.507 e. The third-order valence-electron chi connectivity index (χ3n) is 2.30. The number of fused-ring (bicyclic) bond motifs is 1. The van der Waals surface area contributed by atoms with E-state index in [1.165, 1.54) is 12.1 Å². The molecule has 0 amide bonds. The number of hydrogen-bond acceptors (Lipinski definition) is 6. The summed E-state index contributed by atoms with van der Waals surface area (Å²) in [5.74, 6) is 0.269. The molecule has 2 aromatic heterocycles. The fourth-order valence-electron chi connectivity index (χ4n) is 1.57. The van der Waals surface area contributed by atoms with E-state index in [-0.39, 0.29) is 33.7 Å². The average Bonchev–Trinajstić information content (AvgIpc) is 2.81. The van der Waals surface area contributed by atoms with Gasteiger partial charge in [-0.05, 0) is 17.3 Å². The van der Waals surface area contributed by atoms with E-state index in [2.05, 4.69) is 20.6 Å². The topological polar surface area (TPSA) is 105 Å². The zero-order valence-electron chi connectivity index (χ0n) is 8.41. The Bertz CT molecular complexity index is 733. The van der Waals surface area contributed by atoms with E-state index in [9.17, 15) is 9.90 Å². The molecule has 0 atom stereocenters. The quantitative estimate of drug-likeness (QED) is 0.636. The van der Waals surface area contributed by atoms with Crippen LogP contribution in [-0.2, 0) is 0 Å². The molecule has 17 heavy (non-hydrogen) atoms. The number of benzene rings is 1. The zero-order chi connectivity index (χ0) is 11.8. The number of tetrazole rings is 1. The van der Waals surface area contributed by atoms with Crippen LogP contribution in [0.1, 0.15) is 0 Å². The number of nitrogens with one attached hydrogen (secondary N) is 1. The third-order valence-corrected chi connectivity index (χ3v) is 2.30. The summed E-state index contributed by atoms with van der Waals surface area (Å²) < 4.78 is 5.42. The van der Waals surface area contributed by atoms with E-state index in [1.807, 2.05) is 0 Å². The molecule has 0 unspecified atom stereocenters. The van der Waals surface area contributed by atoms with E-state index in [0.29, 0.717) is 0 Å². The Morgan fingerprint density at radius 1 is 1.35 bits per heavy atom. The Hall–Kier alpha value is -2.70. The largest absolute Gasteiger partial charge is 0.507 e. The molecule has 0 fully saturated rings. The Balaban J connectivity index is 2.36. The van der Waals surface area contributed by atoms with E-state index in [4.69, 9.17) is 4.42 Å². The van der Waals surface area contributed by atoms with Crippen LogP contribution in [0.2, 0.25) is 0 Å². The normalized spacial score (nSPS) is 10.8. The second-order valence-corrected chi connectivity index (χ2v) is 3.36. The van der Waals surface area contributed by atoms with Crippen molar-refractivity contribution in [2.75, 3.05) is 0 Å². The Morgan fingerprint density at radius 3 is 3.00 bits per heavy atom. The van der Waals surface area contributed by atoms with Gasteiger partial charge in [0, 0.05) is 6.07 Å². The highest BCUT2D eigenvalue weighted by molar-refractivity contribution is 5.83. The van der Waals surface area contributed by atoms with Gasteiger partial charge in [0.25, 0.3) is 0 Å². The first-order chi connectivity index (χ1) is 8.25. The molecule has 2 N–H and O–H groups in total. The molecule has 0 aliphatic heterocycles. The van der Waals surface area contributed by atoms with Crippen LogP contribution in [0.15, 0.2) is 33.5 Å². The molecule has 0 spiro atoms. The van der Waals surface area contributed by atoms with Gasteiger partial charge in [0.1, 0.15) is 16.7 Å². The lowest BCUT2D eigenvalue weighted by Crippen LogP contribution is -2.01. The molecule has 2 heterocycles. The maximum absolute atomic E-state index is 11.8. The van der Waals surface area contributed by atoms with Crippen molar-refractivity contribution in [1.29, 1.82) is 0 Å². The van der Waals surface area contributed by atoms with Crippen molar-refractivity contribution in [2.45, 2.75) is 0 Å². The highest BCUT2D eigenvalue weighted by atomic mass is 16.3.